The van der Waals surface area contributed by atoms with Gasteiger partial charge < -0.3 is 24.6 Å². The molecule has 3 heterocycles. The highest BCUT2D eigenvalue weighted by Gasteiger charge is 2.32. The lowest BCUT2D eigenvalue weighted by atomic mass is 9.93. The zero-order valence-electron chi connectivity index (χ0n) is 18.7. The Labute approximate surface area is 185 Å². The number of nitrogens with one attached hydrogen (secondary N) is 1. The Morgan fingerprint density at radius 2 is 2.00 bits per heavy atom. The molecule has 2 aliphatic heterocycles. The molecule has 1 aromatic heterocycles. The number of carbonyl (C=O) groups is 2. The maximum Gasteiger partial charge on any atom is 0.407 e. The Morgan fingerprint density at radius 3 is 2.66 bits per heavy atom. The quantitative estimate of drug-likeness (QED) is 0.751. The molecule has 0 aliphatic carbocycles. The van der Waals surface area contributed by atoms with Crippen LogP contribution in [0.15, 0.2) is 17.1 Å². The molecular formula is C23H28FN3O5. The number of rotatable bonds is 3. The number of hydrogen-bond donors (Lipinski definition) is 2. The zero-order chi connectivity index (χ0) is 23.4. The van der Waals surface area contributed by atoms with E-state index < -0.39 is 28.9 Å². The first-order valence-electron chi connectivity index (χ1n) is 10.8. The number of amides is 1. The first-order valence-corrected chi connectivity index (χ1v) is 10.8. The number of alkyl carbamates (subject to hydrolysis) is 1. The summed E-state index contributed by atoms with van der Waals surface area (Å²) in [6, 6.07) is 0.958. The summed E-state index contributed by atoms with van der Waals surface area (Å²) in [5.41, 5.74) is 0.104. The highest BCUT2D eigenvalue weighted by molar-refractivity contribution is 5.95. The Morgan fingerprint density at radius 1 is 1.28 bits per heavy atom. The second kappa shape index (κ2) is 7.79. The highest BCUT2D eigenvalue weighted by atomic mass is 19.1. The number of ether oxygens (including phenoxy) is 1. The van der Waals surface area contributed by atoms with E-state index in [1.807, 2.05) is 11.8 Å². The highest BCUT2D eigenvalue weighted by Crippen LogP contribution is 2.39. The lowest BCUT2D eigenvalue weighted by molar-refractivity contribution is 0.0508. The molecule has 0 bridgehead atoms. The van der Waals surface area contributed by atoms with Gasteiger partial charge in [0.05, 0.1) is 17.2 Å². The maximum atomic E-state index is 15.3. The number of carboxylic acid groups (broad SMARTS) is 1. The SMILES string of the molecule is CC1CCc2c(N3CCC(NC(=O)OC(C)(C)C)C3)c(F)cc3c(=O)c(C(=O)O)cn1c23. The van der Waals surface area contributed by atoms with Gasteiger partial charge in [0.1, 0.15) is 17.0 Å². The molecule has 0 saturated carbocycles. The van der Waals surface area contributed by atoms with Gasteiger partial charge in [-0.2, -0.15) is 0 Å². The number of pyridine rings is 1. The van der Waals surface area contributed by atoms with Gasteiger partial charge in [0.25, 0.3) is 0 Å². The van der Waals surface area contributed by atoms with Crippen molar-refractivity contribution in [1.29, 1.82) is 0 Å². The minimum Gasteiger partial charge on any atom is -0.477 e. The van der Waals surface area contributed by atoms with E-state index in [0.717, 1.165) is 6.07 Å². The van der Waals surface area contributed by atoms with Crippen LogP contribution in [0.25, 0.3) is 10.9 Å². The Balaban J connectivity index is 1.72. The van der Waals surface area contributed by atoms with Gasteiger partial charge in [-0.1, -0.05) is 0 Å². The number of hydrogen-bond acceptors (Lipinski definition) is 5. The summed E-state index contributed by atoms with van der Waals surface area (Å²) < 4.78 is 22.5. The Kier molecular flexibility index (Phi) is 5.38. The van der Waals surface area contributed by atoms with Crippen molar-refractivity contribution >= 4 is 28.7 Å². The smallest absolute Gasteiger partial charge is 0.407 e. The van der Waals surface area contributed by atoms with E-state index in [4.69, 9.17) is 4.74 Å². The van der Waals surface area contributed by atoms with Crippen molar-refractivity contribution in [1.82, 2.24) is 9.88 Å². The van der Waals surface area contributed by atoms with E-state index in [0.29, 0.717) is 49.1 Å². The molecule has 172 valence electrons. The lowest BCUT2D eigenvalue weighted by Crippen LogP contribution is -2.40. The number of aromatic carboxylic acids is 1. The standard InChI is InChI=1S/C23H28FN3O5/c1-12-5-6-14-18-15(20(28)16(21(29)30)11-27(12)18)9-17(24)19(14)26-8-7-13(10-26)25-22(31)32-23(2,3)4/h9,11-13H,5-8,10H2,1-4H3,(H,25,31)(H,29,30). The number of anilines is 1. The summed E-state index contributed by atoms with van der Waals surface area (Å²) in [5, 5.41) is 12.4. The van der Waals surface area contributed by atoms with Crippen LogP contribution in [0.5, 0.6) is 0 Å². The Bertz CT molecular complexity index is 1170. The molecule has 32 heavy (non-hydrogen) atoms. The van der Waals surface area contributed by atoms with Crippen LogP contribution >= 0.6 is 0 Å². The fourth-order valence-corrected chi connectivity index (χ4v) is 4.68. The van der Waals surface area contributed by atoms with Crippen LogP contribution in [-0.2, 0) is 11.2 Å². The van der Waals surface area contributed by atoms with E-state index in [-0.39, 0.29) is 23.0 Å². The molecule has 8 nitrogen and oxygen atoms in total. The van der Waals surface area contributed by atoms with Gasteiger partial charge in [0.15, 0.2) is 0 Å². The van der Waals surface area contributed by atoms with Gasteiger partial charge in [-0.25, -0.2) is 14.0 Å². The second-order valence-electron chi connectivity index (χ2n) is 9.63. The molecule has 2 aliphatic rings. The first kappa shape index (κ1) is 22.1. The summed E-state index contributed by atoms with van der Waals surface area (Å²) in [6.45, 7) is 8.29. The maximum absolute atomic E-state index is 15.3. The number of halogens is 1. The van der Waals surface area contributed by atoms with Crippen molar-refractivity contribution in [2.75, 3.05) is 18.0 Å². The monoisotopic (exact) mass is 445 g/mol. The van der Waals surface area contributed by atoms with Crippen molar-refractivity contribution in [2.45, 2.75) is 64.6 Å². The average molecular weight is 445 g/mol. The summed E-state index contributed by atoms with van der Waals surface area (Å²) in [6.07, 6.45) is 2.79. The molecule has 2 N–H and O–H groups in total. The van der Waals surface area contributed by atoms with E-state index in [1.54, 1.807) is 25.3 Å². The van der Waals surface area contributed by atoms with Gasteiger partial charge >= 0.3 is 12.1 Å². The average Bonchev–Trinajstić information content (AvgIpc) is 3.11. The predicted molar refractivity (Wildman–Crippen MR) is 118 cm³/mol. The van der Waals surface area contributed by atoms with Crippen molar-refractivity contribution in [3.63, 3.8) is 0 Å². The molecule has 0 radical (unpaired) electrons. The second-order valence-corrected chi connectivity index (χ2v) is 9.63. The number of aromatic nitrogens is 1. The van der Waals surface area contributed by atoms with E-state index in [1.165, 1.54) is 6.20 Å². The number of benzene rings is 1. The van der Waals surface area contributed by atoms with E-state index >= 15 is 4.39 Å². The van der Waals surface area contributed by atoms with Crippen LogP contribution < -0.4 is 15.6 Å². The number of carboxylic acids is 1. The van der Waals surface area contributed by atoms with Gasteiger partial charge in [-0.15, -0.1) is 0 Å². The van der Waals surface area contributed by atoms with Crippen LogP contribution in [0, 0.1) is 5.82 Å². The molecule has 4 rings (SSSR count). The van der Waals surface area contributed by atoms with Crippen molar-refractivity contribution < 1.29 is 23.8 Å². The molecule has 1 aromatic carbocycles. The molecule has 2 atom stereocenters. The first-order chi connectivity index (χ1) is 15.0. The van der Waals surface area contributed by atoms with Gasteiger partial charge in [-0.3, -0.25) is 4.79 Å². The summed E-state index contributed by atoms with van der Waals surface area (Å²) in [4.78, 5) is 38.3. The van der Waals surface area contributed by atoms with E-state index in [2.05, 4.69) is 5.32 Å². The van der Waals surface area contributed by atoms with Crippen LogP contribution in [0.1, 0.15) is 62.5 Å². The van der Waals surface area contributed by atoms with Crippen molar-refractivity contribution in [3.8, 4) is 0 Å². The molecule has 2 aromatic rings. The Hall–Kier alpha value is -3.10. The zero-order valence-corrected chi connectivity index (χ0v) is 18.7. The third kappa shape index (κ3) is 3.91. The minimum absolute atomic E-state index is 0.0119. The topological polar surface area (TPSA) is 101 Å². The van der Waals surface area contributed by atoms with Gasteiger partial charge in [0.2, 0.25) is 5.43 Å². The van der Waals surface area contributed by atoms with Crippen LogP contribution in [-0.4, -0.2) is 46.5 Å². The fraction of sp³-hybridized carbons (Fsp3) is 0.522. The summed E-state index contributed by atoms with van der Waals surface area (Å²) in [7, 11) is 0. The predicted octanol–water partition coefficient (Wildman–Crippen LogP) is 3.45. The third-order valence-corrected chi connectivity index (χ3v) is 6.08. The molecule has 1 fully saturated rings. The minimum atomic E-state index is -1.32. The lowest BCUT2D eigenvalue weighted by Gasteiger charge is -2.31. The van der Waals surface area contributed by atoms with Gasteiger partial charge in [-0.05, 0) is 53.0 Å². The molecule has 2 unspecified atom stereocenters. The van der Waals surface area contributed by atoms with Crippen molar-refractivity contribution in [2.24, 2.45) is 0 Å². The molecule has 0 spiro atoms. The molecular weight excluding hydrogens is 417 g/mol. The van der Waals surface area contributed by atoms with Crippen LogP contribution in [0.2, 0.25) is 0 Å². The fourth-order valence-electron chi connectivity index (χ4n) is 4.68. The van der Waals surface area contributed by atoms with Crippen LogP contribution in [0.4, 0.5) is 14.9 Å². The summed E-state index contributed by atoms with van der Waals surface area (Å²) in [5.74, 6) is -1.87. The van der Waals surface area contributed by atoms with Crippen molar-refractivity contribution in [3.05, 3.63) is 39.4 Å². The molecule has 9 heteroatoms. The molecule has 1 amide bonds. The molecule has 1 saturated heterocycles. The number of nitrogens with zero attached hydrogens (tertiary/aromatic N) is 2. The normalized spacial score (nSPS) is 20.5. The largest absolute Gasteiger partial charge is 0.477 e. The summed E-state index contributed by atoms with van der Waals surface area (Å²) >= 11 is 0. The number of carbonyl (C=O) groups excluding carboxylic acids is 1. The van der Waals surface area contributed by atoms with E-state index in [9.17, 15) is 19.5 Å². The van der Waals surface area contributed by atoms with Crippen LogP contribution in [0.3, 0.4) is 0 Å². The van der Waals surface area contributed by atoms with Gasteiger partial charge in [0, 0.05) is 36.3 Å². The third-order valence-electron chi connectivity index (χ3n) is 6.08. The number of aryl methyl sites for hydroxylation is 1.